The van der Waals surface area contributed by atoms with Crippen molar-refractivity contribution < 1.29 is 9.53 Å². The number of nitrogens with one attached hydrogen (secondary N) is 1. The van der Waals surface area contributed by atoms with E-state index in [1.807, 2.05) is 43.6 Å². The van der Waals surface area contributed by atoms with Gasteiger partial charge in [0.2, 0.25) is 5.91 Å². The second-order valence-electron chi connectivity index (χ2n) is 6.02. The molecule has 122 valence electrons. The standard InChI is InChI=1S/C18H23N3O2/c1-14-5-2-3-6-16(14)23-12-4-7-18(22)20-15-8-9-17-19-10-11-21(17)13-15/h2-3,5-6,10-11,15H,4,7-9,12-13H2,1H3,(H,20,22)/t15-/m1/s1. The predicted molar refractivity (Wildman–Crippen MR) is 88.4 cm³/mol. The first-order valence-electron chi connectivity index (χ1n) is 8.20. The summed E-state index contributed by atoms with van der Waals surface area (Å²) in [6, 6.07) is 8.14. The number of nitrogens with zero attached hydrogens (tertiary/aromatic N) is 2. The normalized spacial score (nSPS) is 16.7. The SMILES string of the molecule is Cc1ccccc1OCCCC(=O)N[C@@H]1CCc2nccn2C1. The molecule has 0 fully saturated rings. The highest BCUT2D eigenvalue weighted by Crippen LogP contribution is 2.16. The minimum Gasteiger partial charge on any atom is -0.493 e. The Bertz CT molecular complexity index is 666. The highest BCUT2D eigenvalue weighted by atomic mass is 16.5. The second kappa shape index (κ2) is 7.31. The van der Waals surface area contributed by atoms with E-state index in [0.717, 1.165) is 42.9 Å². The van der Waals surface area contributed by atoms with Gasteiger partial charge < -0.3 is 14.6 Å². The number of hydrogen-bond acceptors (Lipinski definition) is 3. The maximum Gasteiger partial charge on any atom is 0.220 e. The van der Waals surface area contributed by atoms with Gasteiger partial charge in [0.05, 0.1) is 6.61 Å². The first-order chi connectivity index (χ1) is 11.2. The van der Waals surface area contributed by atoms with Crippen molar-refractivity contribution in [2.45, 2.75) is 45.2 Å². The van der Waals surface area contributed by atoms with E-state index in [1.165, 1.54) is 0 Å². The molecule has 1 amide bonds. The fraction of sp³-hybridized carbons (Fsp3) is 0.444. The number of hydrogen-bond donors (Lipinski definition) is 1. The molecule has 1 aliphatic rings. The first kappa shape index (κ1) is 15.6. The van der Waals surface area contributed by atoms with E-state index in [4.69, 9.17) is 4.74 Å². The lowest BCUT2D eigenvalue weighted by Gasteiger charge is -2.24. The van der Waals surface area contributed by atoms with Gasteiger partial charge in [-0.1, -0.05) is 18.2 Å². The van der Waals surface area contributed by atoms with Crippen molar-refractivity contribution in [1.82, 2.24) is 14.9 Å². The Kier molecular flexibility index (Phi) is 4.95. The third-order valence-corrected chi connectivity index (χ3v) is 4.20. The Hall–Kier alpha value is -2.30. The van der Waals surface area contributed by atoms with Crippen molar-refractivity contribution in [1.29, 1.82) is 0 Å². The largest absolute Gasteiger partial charge is 0.493 e. The molecule has 1 N–H and O–H groups in total. The monoisotopic (exact) mass is 313 g/mol. The van der Waals surface area contributed by atoms with Gasteiger partial charge >= 0.3 is 0 Å². The van der Waals surface area contributed by atoms with Crippen LogP contribution in [0.15, 0.2) is 36.7 Å². The van der Waals surface area contributed by atoms with Crippen molar-refractivity contribution in [3.63, 3.8) is 0 Å². The summed E-state index contributed by atoms with van der Waals surface area (Å²) in [5.74, 6) is 2.11. The number of imidazole rings is 1. The summed E-state index contributed by atoms with van der Waals surface area (Å²) in [6.07, 6.45) is 6.91. The molecule has 1 aliphatic heterocycles. The van der Waals surface area contributed by atoms with Gasteiger partial charge in [-0.25, -0.2) is 4.98 Å². The fourth-order valence-corrected chi connectivity index (χ4v) is 2.92. The van der Waals surface area contributed by atoms with Crippen LogP contribution in [0.5, 0.6) is 5.75 Å². The molecular formula is C18H23N3O2. The molecule has 5 nitrogen and oxygen atoms in total. The summed E-state index contributed by atoms with van der Waals surface area (Å²) in [5, 5.41) is 3.12. The molecule has 0 aliphatic carbocycles. The van der Waals surface area contributed by atoms with Crippen LogP contribution in [0.1, 0.15) is 30.7 Å². The van der Waals surface area contributed by atoms with Gasteiger partial charge in [0.25, 0.3) is 0 Å². The van der Waals surface area contributed by atoms with Crippen LogP contribution in [0.3, 0.4) is 0 Å². The number of carbonyl (C=O) groups excluding carboxylic acids is 1. The predicted octanol–water partition coefficient (Wildman–Crippen LogP) is 2.48. The van der Waals surface area contributed by atoms with Crippen molar-refractivity contribution >= 4 is 5.91 Å². The Morgan fingerprint density at radius 3 is 3.17 bits per heavy atom. The molecule has 0 spiro atoms. The van der Waals surface area contributed by atoms with Crippen molar-refractivity contribution in [3.8, 4) is 5.75 Å². The van der Waals surface area contributed by atoms with E-state index < -0.39 is 0 Å². The lowest BCUT2D eigenvalue weighted by molar-refractivity contribution is -0.122. The Morgan fingerprint density at radius 1 is 1.43 bits per heavy atom. The molecule has 0 radical (unpaired) electrons. The van der Waals surface area contributed by atoms with Gasteiger partial charge in [0.15, 0.2) is 0 Å². The van der Waals surface area contributed by atoms with Gasteiger partial charge in [-0.3, -0.25) is 4.79 Å². The third kappa shape index (κ3) is 4.12. The van der Waals surface area contributed by atoms with Gasteiger partial charge in [-0.15, -0.1) is 0 Å². The smallest absolute Gasteiger partial charge is 0.220 e. The van der Waals surface area contributed by atoms with E-state index in [9.17, 15) is 4.79 Å². The van der Waals surface area contributed by atoms with Gasteiger partial charge in [-0.05, 0) is 31.4 Å². The van der Waals surface area contributed by atoms with Crippen molar-refractivity contribution in [3.05, 3.63) is 48.0 Å². The van der Waals surface area contributed by atoms with E-state index in [-0.39, 0.29) is 11.9 Å². The quantitative estimate of drug-likeness (QED) is 0.834. The van der Waals surface area contributed by atoms with Crippen molar-refractivity contribution in [2.24, 2.45) is 0 Å². The zero-order valence-corrected chi connectivity index (χ0v) is 13.5. The van der Waals surface area contributed by atoms with Gasteiger partial charge in [-0.2, -0.15) is 0 Å². The summed E-state index contributed by atoms with van der Waals surface area (Å²) in [5.41, 5.74) is 1.12. The van der Waals surface area contributed by atoms with E-state index >= 15 is 0 Å². The van der Waals surface area contributed by atoms with Crippen LogP contribution < -0.4 is 10.1 Å². The van der Waals surface area contributed by atoms with E-state index in [1.54, 1.807) is 0 Å². The number of fused-ring (bicyclic) bond motifs is 1. The number of aryl methyl sites for hydroxylation is 2. The maximum absolute atomic E-state index is 12.0. The van der Waals surface area contributed by atoms with Crippen molar-refractivity contribution in [2.75, 3.05) is 6.61 Å². The fourth-order valence-electron chi connectivity index (χ4n) is 2.92. The zero-order valence-electron chi connectivity index (χ0n) is 13.5. The Labute approximate surface area is 136 Å². The molecule has 23 heavy (non-hydrogen) atoms. The minimum absolute atomic E-state index is 0.104. The van der Waals surface area contributed by atoms with Gasteiger partial charge in [0, 0.05) is 37.8 Å². The topological polar surface area (TPSA) is 56.1 Å². The highest BCUT2D eigenvalue weighted by Gasteiger charge is 2.19. The molecule has 1 aromatic heterocycles. The van der Waals surface area contributed by atoms with Crippen LogP contribution in [0.2, 0.25) is 0 Å². The summed E-state index contributed by atoms with van der Waals surface area (Å²) in [6.45, 7) is 3.41. The molecule has 1 aromatic carbocycles. The number of amides is 1. The Balaban J connectivity index is 1.36. The lowest BCUT2D eigenvalue weighted by Crippen LogP contribution is -2.40. The molecule has 2 aromatic rings. The summed E-state index contributed by atoms with van der Waals surface area (Å²) in [4.78, 5) is 16.3. The zero-order chi connectivity index (χ0) is 16.1. The Morgan fingerprint density at radius 2 is 2.30 bits per heavy atom. The van der Waals surface area contributed by atoms with E-state index in [0.29, 0.717) is 13.0 Å². The molecule has 0 saturated heterocycles. The molecular weight excluding hydrogens is 290 g/mol. The molecule has 0 bridgehead atoms. The molecule has 1 atom stereocenters. The van der Waals surface area contributed by atoms with E-state index in [2.05, 4.69) is 14.9 Å². The van der Waals surface area contributed by atoms with Crippen LogP contribution in [0.4, 0.5) is 0 Å². The molecule has 2 heterocycles. The number of carbonyl (C=O) groups is 1. The summed E-state index contributed by atoms with van der Waals surface area (Å²) in [7, 11) is 0. The summed E-state index contributed by atoms with van der Waals surface area (Å²) < 4.78 is 7.84. The molecule has 0 saturated carbocycles. The number of para-hydroxylation sites is 1. The van der Waals surface area contributed by atoms with Crippen LogP contribution in [0, 0.1) is 6.92 Å². The number of benzene rings is 1. The molecule has 0 unspecified atom stereocenters. The van der Waals surface area contributed by atoms with Crippen LogP contribution in [0.25, 0.3) is 0 Å². The molecule has 3 rings (SSSR count). The lowest BCUT2D eigenvalue weighted by atomic mass is 10.1. The number of ether oxygens (including phenoxy) is 1. The van der Waals surface area contributed by atoms with Crippen LogP contribution in [-0.2, 0) is 17.8 Å². The number of aromatic nitrogens is 2. The average Bonchev–Trinajstić information content (AvgIpc) is 3.01. The minimum atomic E-state index is 0.104. The number of rotatable bonds is 6. The first-order valence-corrected chi connectivity index (χ1v) is 8.20. The third-order valence-electron chi connectivity index (χ3n) is 4.20. The summed E-state index contributed by atoms with van der Waals surface area (Å²) >= 11 is 0. The van der Waals surface area contributed by atoms with Gasteiger partial charge in [0.1, 0.15) is 11.6 Å². The second-order valence-corrected chi connectivity index (χ2v) is 6.02. The average molecular weight is 313 g/mol. The maximum atomic E-state index is 12.0. The molecule has 5 heteroatoms. The van der Waals surface area contributed by atoms with Crippen LogP contribution >= 0.6 is 0 Å². The van der Waals surface area contributed by atoms with Crippen LogP contribution in [-0.4, -0.2) is 28.1 Å². The highest BCUT2D eigenvalue weighted by molar-refractivity contribution is 5.76.